The van der Waals surface area contributed by atoms with E-state index >= 15 is 0 Å². The molecule has 0 aromatic carbocycles. The molecule has 0 spiro atoms. The molecule has 0 aliphatic heterocycles. The average Bonchev–Trinajstić information content (AvgIpc) is 2.44. The number of methoxy groups -OCH3 is 1. The van der Waals surface area contributed by atoms with Crippen LogP contribution in [-0.2, 0) is 19.1 Å². The zero-order valence-corrected chi connectivity index (χ0v) is 14.1. The zero-order chi connectivity index (χ0) is 17.3. The highest BCUT2D eigenvalue weighted by molar-refractivity contribution is 5.73. The third-order valence-corrected chi connectivity index (χ3v) is 1.84. The lowest BCUT2D eigenvalue weighted by Gasteiger charge is -2.03. The third kappa shape index (κ3) is 23.6. The van der Waals surface area contributed by atoms with Crippen molar-refractivity contribution in [1.29, 1.82) is 0 Å². The van der Waals surface area contributed by atoms with Crippen LogP contribution in [0.2, 0.25) is 0 Å². The second kappa shape index (κ2) is 18.0. The van der Waals surface area contributed by atoms with Crippen LogP contribution in [0, 0.1) is 0 Å². The molecule has 1 amide bonds. The van der Waals surface area contributed by atoms with E-state index in [0.29, 0.717) is 18.3 Å². The SMILES string of the molecule is CC/C(C)=C/C=O.CN(C)C.CO/C(NC=O)=C(\C)C=O. The van der Waals surface area contributed by atoms with Gasteiger partial charge in [-0.2, -0.15) is 0 Å². The number of carbonyl (C=O) groups excluding carboxylic acids is 3. The van der Waals surface area contributed by atoms with Crippen LogP contribution in [0.15, 0.2) is 23.1 Å². The first kappa shape index (κ1) is 24.1. The van der Waals surface area contributed by atoms with Crippen molar-refractivity contribution in [3.63, 3.8) is 0 Å². The second-order valence-electron chi connectivity index (χ2n) is 4.44. The molecular formula is C15H28N2O4. The van der Waals surface area contributed by atoms with Crippen molar-refractivity contribution in [3.05, 3.63) is 23.1 Å². The summed E-state index contributed by atoms with van der Waals surface area (Å²) in [5.74, 6) is 0.185. The number of hydrogen-bond acceptors (Lipinski definition) is 5. The highest BCUT2D eigenvalue weighted by Gasteiger charge is 1.97. The number of allylic oxidation sites excluding steroid dienone is 3. The van der Waals surface area contributed by atoms with Gasteiger partial charge >= 0.3 is 0 Å². The van der Waals surface area contributed by atoms with Gasteiger partial charge in [-0.1, -0.05) is 12.5 Å². The third-order valence-electron chi connectivity index (χ3n) is 1.84. The van der Waals surface area contributed by atoms with Crippen LogP contribution in [-0.4, -0.2) is 52.1 Å². The molecular weight excluding hydrogens is 272 g/mol. The summed E-state index contributed by atoms with van der Waals surface area (Å²) in [6.45, 7) is 5.51. The highest BCUT2D eigenvalue weighted by atomic mass is 16.5. The molecule has 122 valence electrons. The summed E-state index contributed by atoms with van der Waals surface area (Å²) in [7, 11) is 7.37. The monoisotopic (exact) mass is 300 g/mol. The van der Waals surface area contributed by atoms with E-state index in [1.54, 1.807) is 13.0 Å². The molecule has 0 rings (SSSR count). The summed E-state index contributed by atoms with van der Waals surface area (Å²) in [6, 6.07) is 0. The van der Waals surface area contributed by atoms with Gasteiger partial charge in [0.05, 0.1) is 7.11 Å². The summed E-state index contributed by atoms with van der Waals surface area (Å²) in [5, 5.41) is 2.23. The van der Waals surface area contributed by atoms with E-state index < -0.39 is 0 Å². The quantitative estimate of drug-likeness (QED) is 0.457. The molecule has 0 atom stereocenters. The van der Waals surface area contributed by atoms with Crippen LogP contribution in [0.1, 0.15) is 27.2 Å². The first-order chi connectivity index (χ1) is 9.80. The number of carbonyl (C=O) groups is 3. The molecule has 0 aliphatic rings. The molecule has 0 aliphatic carbocycles. The lowest BCUT2D eigenvalue weighted by atomic mass is 10.2. The summed E-state index contributed by atoms with van der Waals surface area (Å²) in [4.78, 5) is 31.6. The summed E-state index contributed by atoms with van der Waals surface area (Å²) >= 11 is 0. The Hall–Kier alpha value is -1.95. The number of ether oxygens (including phenoxy) is 1. The fraction of sp³-hybridized carbons (Fsp3) is 0.533. The fourth-order valence-electron chi connectivity index (χ4n) is 0.675. The zero-order valence-electron chi connectivity index (χ0n) is 14.1. The summed E-state index contributed by atoms with van der Waals surface area (Å²) in [6.07, 6.45) is 4.43. The molecule has 6 nitrogen and oxygen atoms in total. The average molecular weight is 300 g/mol. The first-order valence-electron chi connectivity index (χ1n) is 6.42. The predicted octanol–water partition coefficient (Wildman–Crippen LogP) is 1.53. The van der Waals surface area contributed by atoms with E-state index in [2.05, 4.69) is 10.1 Å². The van der Waals surface area contributed by atoms with Crippen LogP contribution in [0.4, 0.5) is 0 Å². The van der Waals surface area contributed by atoms with Crippen LogP contribution in [0.3, 0.4) is 0 Å². The molecule has 0 saturated heterocycles. The number of nitrogens with one attached hydrogen (secondary N) is 1. The normalized spacial score (nSPS) is 11.0. The summed E-state index contributed by atoms with van der Waals surface area (Å²) in [5.41, 5.74) is 1.49. The van der Waals surface area contributed by atoms with Gasteiger partial charge in [0.25, 0.3) is 0 Å². The molecule has 21 heavy (non-hydrogen) atoms. The molecule has 0 saturated carbocycles. The molecule has 0 aromatic heterocycles. The van der Waals surface area contributed by atoms with Crippen molar-refractivity contribution in [2.24, 2.45) is 0 Å². The van der Waals surface area contributed by atoms with Gasteiger partial charge in [0.2, 0.25) is 6.41 Å². The Kier molecular flexibility index (Phi) is 20.7. The lowest BCUT2D eigenvalue weighted by molar-refractivity contribution is -0.109. The molecule has 0 bridgehead atoms. The van der Waals surface area contributed by atoms with E-state index in [1.807, 2.05) is 39.9 Å². The van der Waals surface area contributed by atoms with E-state index in [-0.39, 0.29) is 5.88 Å². The van der Waals surface area contributed by atoms with Crippen LogP contribution < -0.4 is 5.32 Å². The van der Waals surface area contributed by atoms with Crippen molar-refractivity contribution < 1.29 is 19.1 Å². The molecule has 0 heterocycles. The van der Waals surface area contributed by atoms with E-state index in [1.165, 1.54) is 7.11 Å². The minimum atomic E-state index is 0.185. The fourth-order valence-corrected chi connectivity index (χ4v) is 0.675. The number of aldehydes is 2. The van der Waals surface area contributed by atoms with Crippen molar-refractivity contribution in [3.8, 4) is 0 Å². The maximum Gasteiger partial charge on any atom is 0.213 e. The van der Waals surface area contributed by atoms with Gasteiger partial charge in [0, 0.05) is 5.57 Å². The van der Waals surface area contributed by atoms with Crippen LogP contribution >= 0.6 is 0 Å². The van der Waals surface area contributed by atoms with Crippen molar-refractivity contribution in [1.82, 2.24) is 10.2 Å². The lowest BCUT2D eigenvalue weighted by Crippen LogP contribution is -2.14. The van der Waals surface area contributed by atoms with Crippen LogP contribution in [0.5, 0.6) is 0 Å². The second-order valence-corrected chi connectivity index (χ2v) is 4.44. The number of hydrogen-bond donors (Lipinski definition) is 1. The van der Waals surface area contributed by atoms with Gasteiger partial charge in [-0.15, -0.1) is 0 Å². The first-order valence-corrected chi connectivity index (χ1v) is 6.42. The Morgan fingerprint density at radius 1 is 1.14 bits per heavy atom. The Labute approximate surface area is 127 Å². The molecule has 6 heteroatoms. The van der Waals surface area contributed by atoms with Gasteiger partial charge in [-0.25, -0.2) is 0 Å². The molecule has 1 N–H and O–H groups in total. The molecule has 0 unspecified atom stereocenters. The van der Waals surface area contributed by atoms with E-state index in [4.69, 9.17) is 0 Å². The van der Waals surface area contributed by atoms with Crippen LogP contribution in [0.25, 0.3) is 0 Å². The Morgan fingerprint density at radius 2 is 1.62 bits per heavy atom. The Balaban J connectivity index is -0.000000256. The topological polar surface area (TPSA) is 75.7 Å². The van der Waals surface area contributed by atoms with Gasteiger partial charge < -0.3 is 9.64 Å². The van der Waals surface area contributed by atoms with E-state index in [9.17, 15) is 14.4 Å². The van der Waals surface area contributed by atoms with Gasteiger partial charge in [0.15, 0.2) is 12.2 Å². The Bertz CT molecular complexity index is 345. The highest BCUT2D eigenvalue weighted by Crippen LogP contribution is 1.95. The van der Waals surface area contributed by atoms with Crippen molar-refractivity contribution in [2.45, 2.75) is 27.2 Å². The minimum Gasteiger partial charge on any atom is -0.482 e. The number of amides is 1. The van der Waals surface area contributed by atoms with Crippen molar-refractivity contribution in [2.75, 3.05) is 28.3 Å². The minimum absolute atomic E-state index is 0.185. The maximum atomic E-state index is 10.1. The van der Waals surface area contributed by atoms with E-state index in [0.717, 1.165) is 18.3 Å². The van der Waals surface area contributed by atoms with Gasteiger partial charge in [-0.3, -0.25) is 19.7 Å². The standard InChI is InChI=1S/C6H9NO3.C6H10O.C3H9N/c1-5(3-8)6(10-2)7-4-9;1-3-6(2)4-5-7;1-4(2)3/h3-4H,1-2H3,(H,7,9);4-5H,3H2,1-2H3;1-3H3/b6-5+;6-4+;. The summed E-state index contributed by atoms with van der Waals surface area (Å²) < 4.78 is 4.65. The van der Waals surface area contributed by atoms with Gasteiger partial charge in [-0.05, 0) is 47.5 Å². The van der Waals surface area contributed by atoms with Gasteiger partial charge in [0.1, 0.15) is 6.29 Å². The maximum absolute atomic E-state index is 10.1. The predicted molar refractivity (Wildman–Crippen MR) is 84.7 cm³/mol. The molecule has 0 fully saturated rings. The largest absolute Gasteiger partial charge is 0.482 e. The number of rotatable bonds is 6. The van der Waals surface area contributed by atoms with Crippen molar-refractivity contribution >= 4 is 19.0 Å². The molecule has 0 radical (unpaired) electrons. The Morgan fingerprint density at radius 3 is 1.81 bits per heavy atom. The molecule has 0 aromatic rings. The number of nitrogens with zero attached hydrogens (tertiary/aromatic N) is 1. The smallest absolute Gasteiger partial charge is 0.213 e.